The Bertz CT molecular complexity index is 1840. The summed E-state index contributed by atoms with van der Waals surface area (Å²) < 4.78 is 4.15. The molecule has 7 rings (SSSR count). The molecule has 0 radical (unpaired) electrons. The fourth-order valence-corrected chi connectivity index (χ4v) is 6.19. The maximum atomic E-state index is 5.37. The second-order valence-electron chi connectivity index (χ2n) is 10.5. The number of benzene rings is 5. The van der Waals surface area contributed by atoms with Gasteiger partial charge in [-0.15, -0.1) is 0 Å². The van der Waals surface area contributed by atoms with Crippen LogP contribution in [0.2, 0.25) is 0 Å². The Labute approximate surface area is 234 Å². The van der Waals surface area contributed by atoms with E-state index in [-0.39, 0.29) is 5.92 Å². The quantitative estimate of drug-likeness (QED) is 0.229. The largest absolute Gasteiger partial charge is 0.233 e. The van der Waals surface area contributed by atoms with Gasteiger partial charge in [-0.25, -0.2) is 9.36 Å². The Morgan fingerprint density at radius 3 is 1.35 bits per heavy atom. The van der Waals surface area contributed by atoms with Crippen LogP contribution < -0.4 is 0 Å². The van der Waals surface area contributed by atoms with Crippen molar-refractivity contribution in [3.05, 3.63) is 155 Å². The molecule has 0 atom stereocenters. The normalized spacial score (nSPS) is 11.6. The lowest BCUT2D eigenvalue weighted by Crippen LogP contribution is -2.11. The van der Waals surface area contributed by atoms with E-state index in [0.717, 1.165) is 44.6 Å². The zero-order chi connectivity index (χ0) is 27.2. The third kappa shape index (κ3) is 3.92. The summed E-state index contributed by atoms with van der Waals surface area (Å²) in [5.41, 5.74) is 11.3. The summed E-state index contributed by atoms with van der Waals surface area (Å²) in [5.74, 6) is -0.162. The molecule has 0 fully saturated rings. The highest BCUT2D eigenvalue weighted by atomic mass is 15.3. The molecule has 40 heavy (non-hydrogen) atoms. The highest BCUT2D eigenvalue weighted by Gasteiger charge is 2.31. The summed E-state index contributed by atoms with van der Waals surface area (Å²) in [6.45, 7) is 6.60. The molecule has 0 aliphatic carbocycles. The van der Waals surface area contributed by atoms with Crippen molar-refractivity contribution in [1.29, 1.82) is 0 Å². The molecule has 0 aliphatic heterocycles. The molecular formula is C36H30N4. The second-order valence-corrected chi connectivity index (χ2v) is 10.5. The number of hydrogen-bond donors (Lipinski definition) is 0. The van der Waals surface area contributed by atoms with Crippen molar-refractivity contribution in [2.24, 2.45) is 0 Å². The van der Waals surface area contributed by atoms with Crippen molar-refractivity contribution in [3.63, 3.8) is 0 Å². The van der Waals surface area contributed by atoms with Gasteiger partial charge < -0.3 is 0 Å². The highest BCUT2D eigenvalue weighted by molar-refractivity contribution is 5.89. The predicted molar refractivity (Wildman–Crippen MR) is 164 cm³/mol. The van der Waals surface area contributed by atoms with E-state index in [2.05, 4.69) is 139 Å². The minimum atomic E-state index is -0.162. The van der Waals surface area contributed by atoms with Crippen molar-refractivity contribution in [2.75, 3.05) is 0 Å². The number of aryl methyl sites for hydroxylation is 3. The minimum absolute atomic E-state index is 0.162. The van der Waals surface area contributed by atoms with Gasteiger partial charge in [0.25, 0.3) is 0 Å². The number of hydrogen-bond acceptors (Lipinski definition) is 2. The van der Waals surface area contributed by atoms with Crippen LogP contribution in [0.4, 0.5) is 0 Å². The lowest BCUT2D eigenvalue weighted by molar-refractivity contribution is 0.781. The van der Waals surface area contributed by atoms with Crippen molar-refractivity contribution < 1.29 is 0 Å². The first-order valence-corrected chi connectivity index (χ1v) is 13.7. The number of rotatable bonds is 5. The lowest BCUT2D eigenvalue weighted by atomic mass is 9.83. The van der Waals surface area contributed by atoms with Gasteiger partial charge >= 0.3 is 0 Å². The molecule has 2 heterocycles. The summed E-state index contributed by atoms with van der Waals surface area (Å²) >= 11 is 0. The molecule has 0 amide bonds. The molecule has 0 saturated carbocycles. The Kier molecular flexibility index (Phi) is 5.82. The smallest absolute Gasteiger partial charge is 0.0843 e. The fourth-order valence-electron chi connectivity index (χ4n) is 6.19. The predicted octanol–water partition coefficient (Wildman–Crippen LogP) is 8.47. The Morgan fingerprint density at radius 2 is 0.900 bits per heavy atom. The molecule has 4 heteroatoms. The van der Waals surface area contributed by atoms with Crippen molar-refractivity contribution in [3.8, 4) is 11.4 Å². The van der Waals surface area contributed by atoms with E-state index in [1.807, 2.05) is 12.1 Å². The van der Waals surface area contributed by atoms with Gasteiger partial charge in [0, 0.05) is 10.8 Å². The summed E-state index contributed by atoms with van der Waals surface area (Å²) in [4.78, 5) is 0. The number of nitrogens with zero attached hydrogens (tertiary/aromatic N) is 4. The first-order chi connectivity index (χ1) is 19.6. The van der Waals surface area contributed by atoms with Crippen LogP contribution in [0, 0.1) is 20.8 Å². The maximum absolute atomic E-state index is 5.37. The standard InChI is InChI=1S/C36H30N4/c1-24-22-25(2)33(26(3)23-24)34(35-29-18-10-12-20-31(29)39(37-35)27-14-6-4-7-15-27)36-30-19-11-13-21-32(30)40(38-36)28-16-8-5-9-17-28/h4-23,34H,1-3H3. The third-order valence-electron chi connectivity index (χ3n) is 7.81. The number of fused-ring (bicyclic) bond motifs is 2. The van der Waals surface area contributed by atoms with Crippen LogP contribution in [0.3, 0.4) is 0 Å². The van der Waals surface area contributed by atoms with Gasteiger partial charge in [0.15, 0.2) is 0 Å². The molecular weight excluding hydrogens is 488 g/mol. The molecule has 0 N–H and O–H groups in total. The highest BCUT2D eigenvalue weighted by Crippen LogP contribution is 2.42. The molecule has 194 valence electrons. The Morgan fingerprint density at radius 1 is 0.500 bits per heavy atom. The minimum Gasteiger partial charge on any atom is -0.233 e. The average molecular weight is 519 g/mol. The summed E-state index contributed by atoms with van der Waals surface area (Å²) in [7, 11) is 0. The van der Waals surface area contributed by atoms with Crippen molar-refractivity contribution in [2.45, 2.75) is 26.7 Å². The van der Waals surface area contributed by atoms with Crippen LogP contribution in [-0.4, -0.2) is 19.6 Å². The zero-order valence-electron chi connectivity index (χ0n) is 22.9. The van der Waals surface area contributed by atoms with E-state index in [0.29, 0.717) is 0 Å². The third-order valence-corrected chi connectivity index (χ3v) is 7.81. The number of aromatic nitrogens is 4. The first-order valence-electron chi connectivity index (χ1n) is 13.7. The SMILES string of the molecule is Cc1cc(C)c(C(c2nn(-c3ccccc3)c3ccccc23)c2nn(-c3ccccc3)c3ccccc23)c(C)c1. The monoisotopic (exact) mass is 518 g/mol. The van der Waals surface area contributed by atoms with E-state index in [4.69, 9.17) is 10.2 Å². The van der Waals surface area contributed by atoms with Crippen LogP contribution >= 0.6 is 0 Å². The average Bonchev–Trinajstić information content (AvgIpc) is 3.55. The van der Waals surface area contributed by atoms with Crippen molar-refractivity contribution >= 4 is 21.8 Å². The maximum Gasteiger partial charge on any atom is 0.0843 e. The molecule has 7 aromatic rings. The van der Waals surface area contributed by atoms with E-state index < -0.39 is 0 Å². The van der Waals surface area contributed by atoms with Crippen LogP contribution in [0.25, 0.3) is 33.2 Å². The molecule has 0 saturated heterocycles. The molecule has 4 nitrogen and oxygen atoms in total. The second kappa shape index (κ2) is 9.65. The van der Waals surface area contributed by atoms with E-state index in [1.54, 1.807) is 0 Å². The van der Waals surface area contributed by atoms with Crippen LogP contribution in [0.15, 0.2) is 121 Å². The summed E-state index contributed by atoms with van der Waals surface area (Å²) in [6.07, 6.45) is 0. The first kappa shape index (κ1) is 24.1. The van der Waals surface area contributed by atoms with Gasteiger partial charge in [0.2, 0.25) is 0 Å². The molecule has 2 aromatic heterocycles. The molecule has 0 bridgehead atoms. The van der Waals surface area contributed by atoms with Crippen LogP contribution in [-0.2, 0) is 0 Å². The Balaban J connectivity index is 1.58. The van der Waals surface area contributed by atoms with Gasteiger partial charge in [-0.2, -0.15) is 10.2 Å². The van der Waals surface area contributed by atoms with Gasteiger partial charge in [-0.1, -0.05) is 90.5 Å². The molecule has 5 aromatic carbocycles. The Hall–Kier alpha value is -4.96. The molecule has 0 unspecified atom stereocenters. The van der Waals surface area contributed by atoms with Gasteiger partial charge in [0.05, 0.1) is 39.7 Å². The summed E-state index contributed by atoms with van der Waals surface area (Å²) in [6, 6.07) is 42.4. The van der Waals surface area contributed by atoms with E-state index in [1.165, 1.54) is 22.3 Å². The van der Waals surface area contributed by atoms with Gasteiger partial charge in [0.1, 0.15) is 0 Å². The fraction of sp³-hybridized carbons (Fsp3) is 0.111. The summed E-state index contributed by atoms with van der Waals surface area (Å²) in [5, 5.41) is 13.0. The lowest BCUT2D eigenvalue weighted by Gasteiger charge is -2.20. The van der Waals surface area contributed by atoms with E-state index >= 15 is 0 Å². The van der Waals surface area contributed by atoms with Crippen molar-refractivity contribution in [1.82, 2.24) is 19.6 Å². The molecule has 0 aliphatic rings. The zero-order valence-corrected chi connectivity index (χ0v) is 22.9. The topological polar surface area (TPSA) is 35.6 Å². The van der Waals surface area contributed by atoms with Gasteiger partial charge in [-0.05, 0) is 73.9 Å². The number of para-hydroxylation sites is 4. The van der Waals surface area contributed by atoms with E-state index in [9.17, 15) is 0 Å². The van der Waals surface area contributed by atoms with Gasteiger partial charge in [-0.3, -0.25) is 0 Å². The molecule has 0 spiro atoms. The van der Waals surface area contributed by atoms with Crippen LogP contribution in [0.1, 0.15) is 39.6 Å². The van der Waals surface area contributed by atoms with Crippen LogP contribution in [0.5, 0.6) is 0 Å².